The van der Waals surface area contributed by atoms with Crippen molar-refractivity contribution in [1.29, 1.82) is 0 Å². The first-order chi connectivity index (χ1) is 13.5. The van der Waals surface area contributed by atoms with Crippen LogP contribution in [0.15, 0.2) is 53.3 Å². The van der Waals surface area contributed by atoms with E-state index >= 15 is 0 Å². The van der Waals surface area contributed by atoms with Crippen molar-refractivity contribution in [1.82, 2.24) is 19.5 Å². The van der Waals surface area contributed by atoms with Crippen LogP contribution in [0.3, 0.4) is 0 Å². The Hall–Kier alpha value is -3.52. The number of aromatic nitrogens is 5. The highest BCUT2D eigenvalue weighted by molar-refractivity contribution is 6.31. The highest BCUT2D eigenvalue weighted by Gasteiger charge is 2.23. The maximum atomic E-state index is 13.1. The number of nitrogens with zero attached hydrogens (tertiary/aromatic N) is 5. The summed E-state index contributed by atoms with van der Waals surface area (Å²) < 4.78 is 21.0. The molecule has 5 aromatic rings. The summed E-state index contributed by atoms with van der Waals surface area (Å²) in [6.07, 6.45) is 1.60. The van der Waals surface area contributed by atoms with Gasteiger partial charge in [0.05, 0.1) is 0 Å². The Morgan fingerprint density at radius 3 is 2.75 bits per heavy atom. The van der Waals surface area contributed by atoms with Gasteiger partial charge in [-0.15, -0.1) is 0 Å². The van der Waals surface area contributed by atoms with Gasteiger partial charge in [0.15, 0.2) is 0 Å². The van der Waals surface area contributed by atoms with Crippen molar-refractivity contribution >= 4 is 28.2 Å². The number of rotatable bonds is 2. The summed E-state index contributed by atoms with van der Waals surface area (Å²) in [6.45, 7) is 1.69. The van der Waals surface area contributed by atoms with Gasteiger partial charge in [0.2, 0.25) is 17.0 Å². The molecule has 0 unspecified atom stereocenters. The monoisotopic (exact) mass is 395 g/mol. The van der Waals surface area contributed by atoms with Crippen LogP contribution in [0.2, 0.25) is 5.02 Å². The van der Waals surface area contributed by atoms with Crippen molar-refractivity contribution in [2.24, 2.45) is 0 Å². The van der Waals surface area contributed by atoms with E-state index in [9.17, 15) is 9.60 Å². The Morgan fingerprint density at radius 2 is 1.96 bits per heavy atom. The minimum atomic E-state index is -0.355. The van der Waals surface area contributed by atoms with Crippen molar-refractivity contribution in [2.75, 3.05) is 0 Å². The van der Waals surface area contributed by atoms with Crippen molar-refractivity contribution in [3.8, 4) is 23.0 Å². The SMILES string of the molecule is Cc1c2c(-c3noc(-c4ccc(F)cc4)n3)ncn2c2ccc(Cl)cc2[n+]1[O-]. The number of halogens is 2. The van der Waals surface area contributed by atoms with E-state index in [1.807, 2.05) is 0 Å². The maximum absolute atomic E-state index is 13.1. The third-order valence-corrected chi connectivity index (χ3v) is 4.79. The normalized spacial score (nSPS) is 11.5. The summed E-state index contributed by atoms with van der Waals surface area (Å²) in [7, 11) is 0. The van der Waals surface area contributed by atoms with Gasteiger partial charge in [-0.2, -0.15) is 9.71 Å². The van der Waals surface area contributed by atoms with Crippen LogP contribution < -0.4 is 4.73 Å². The van der Waals surface area contributed by atoms with E-state index in [4.69, 9.17) is 16.1 Å². The molecule has 0 amide bonds. The third kappa shape index (κ3) is 2.42. The molecule has 138 valence electrons. The molecule has 9 heteroatoms. The Kier molecular flexibility index (Phi) is 3.56. The molecule has 0 fully saturated rings. The van der Waals surface area contributed by atoms with Crippen molar-refractivity contribution in [3.63, 3.8) is 0 Å². The van der Waals surface area contributed by atoms with Crippen LogP contribution >= 0.6 is 11.6 Å². The molecule has 0 N–H and O–H groups in total. The van der Waals surface area contributed by atoms with Crippen LogP contribution in [0, 0.1) is 17.9 Å². The molecule has 0 aliphatic heterocycles. The number of benzene rings is 2. The summed E-state index contributed by atoms with van der Waals surface area (Å²) in [6, 6.07) is 10.8. The van der Waals surface area contributed by atoms with E-state index in [2.05, 4.69) is 15.1 Å². The second kappa shape index (κ2) is 6.00. The van der Waals surface area contributed by atoms with Crippen molar-refractivity contribution < 1.29 is 13.6 Å². The smallest absolute Gasteiger partial charge is 0.258 e. The average molecular weight is 396 g/mol. The molecular formula is C19H11ClFN5O2. The van der Waals surface area contributed by atoms with Gasteiger partial charge in [0.25, 0.3) is 5.89 Å². The first-order valence-corrected chi connectivity index (χ1v) is 8.69. The second-order valence-electron chi connectivity index (χ2n) is 6.25. The van der Waals surface area contributed by atoms with E-state index in [0.29, 0.717) is 38.5 Å². The van der Waals surface area contributed by atoms with Crippen LogP contribution in [0.5, 0.6) is 0 Å². The lowest BCUT2D eigenvalue weighted by atomic mass is 10.2. The van der Waals surface area contributed by atoms with Crippen LogP contribution in [0.4, 0.5) is 4.39 Å². The highest BCUT2D eigenvalue weighted by atomic mass is 35.5. The average Bonchev–Trinajstić information content (AvgIpc) is 3.34. The predicted molar refractivity (Wildman–Crippen MR) is 100 cm³/mol. The molecule has 0 aliphatic rings. The topological polar surface area (TPSA) is 83.2 Å². The van der Waals surface area contributed by atoms with Gasteiger partial charge in [-0.3, -0.25) is 4.40 Å². The van der Waals surface area contributed by atoms with Crippen molar-refractivity contribution in [2.45, 2.75) is 6.92 Å². The molecule has 0 aliphatic carbocycles. The Balaban J connectivity index is 1.71. The maximum Gasteiger partial charge on any atom is 0.258 e. The molecule has 0 atom stereocenters. The molecule has 3 heterocycles. The lowest BCUT2D eigenvalue weighted by Gasteiger charge is -2.08. The quantitative estimate of drug-likeness (QED) is 0.334. The fourth-order valence-electron chi connectivity index (χ4n) is 3.21. The lowest BCUT2D eigenvalue weighted by Crippen LogP contribution is -2.32. The van der Waals surface area contributed by atoms with Crippen LogP contribution in [0.1, 0.15) is 5.69 Å². The highest BCUT2D eigenvalue weighted by Crippen LogP contribution is 2.28. The van der Waals surface area contributed by atoms with Crippen LogP contribution in [-0.4, -0.2) is 19.5 Å². The molecule has 0 saturated heterocycles. The molecule has 0 saturated carbocycles. The molecular weight excluding hydrogens is 385 g/mol. The van der Waals surface area contributed by atoms with Crippen LogP contribution in [0.25, 0.3) is 39.5 Å². The van der Waals surface area contributed by atoms with Gasteiger partial charge in [-0.1, -0.05) is 16.8 Å². The molecule has 7 nitrogen and oxygen atoms in total. The van der Waals surface area contributed by atoms with Gasteiger partial charge >= 0.3 is 0 Å². The summed E-state index contributed by atoms with van der Waals surface area (Å²) in [4.78, 5) is 8.75. The number of aryl methyl sites for hydroxylation is 1. The second-order valence-corrected chi connectivity index (χ2v) is 6.69. The third-order valence-electron chi connectivity index (χ3n) is 4.56. The first-order valence-electron chi connectivity index (χ1n) is 8.31. The Bertz CT molecular complexity index is 1360. The van der Waals surface area contributed by atoms with Gasteiger partial charge < -0.3 is 9.73 Å². The largest absolute Gasteiger partial charge is 0.618 e. The molecule has 2 aromatic carbocycles. The molecule has 28 heavy (non-hydrogen) atoms. The molecule has 0 bridgehead atoms. The molecule has 0 radical (unpaired) electrons. The zero-order chi connectivity index (χ0) is 19.4. The zero-order valence-electron chi connectivity index (χ0n) is 14.4. The Morgan fingerprint density at radius 1 is 1.18 bits per heavy atom. The van der Waals surface area contributed by atoms with Crippen LogP contribution in [-0.2, 0) is 0 Å². The molecule has 0 spiro atoms. The Labute approximate surface area is 162 Å². The van der Waals surface area contributed by atoms with Crippen molar-refractivity contribution in [3.05, 3.63) is 70.5 Å². The lowest BCUT2D eigenvalue weighted by molar-refractivity contribution is -0.583. The minimum Gasteiger partial charge on any atom is -0.618 e. The number of imidazole rings is 1. The minimum absolute atomic E-state index is 0.233. The van der Waals surface area contributed by atoms with E-state index in [1.165, 1.54) is 12.1 Å². The van der Waals surface area contributed by atoms with Gasteiger partial charge in [-0.25, -0.2) is 9.37 Å². The summed E-state index contributed by atoms with van der Waals surface area (Å²) in [5.41, 5.74) is 3.07. The van der Waals surface area contributed by atoms with Gasteiger partial charge in [-0.05, 0) is 36.4 Å². The zero-order valence-corrected chi connectivity index (χ0v) is 15.2. The van der Waals surface area contributed by atoms with Gasteiger partial charge in [0, 0.05) is 23.6 Å². The predicted octanol–water partition coefficient (Wildman–Crippen LogP) is 3.94. The van der Waals surface area contributed by atoms with E-state index in [0.717, 1.165) is 4.73 Å². The number of hydrogen-bond donors (Lipinski definition) is 0. The number of hydrogen-bond acceptors (Lipinski definition) is 5. The number of fused-ring (bicyclic) bond motifs is 3. The summed E-state index contributed by atoms with van der Waals surface area (Å²) in [5, 5.41) is 17.2. The van der Waals surface area contributed by atoms with Gasteiger partial charge in [0.1, 0.15) is 28.9 Å². The van der Waals surface area contributed by atoms with E-state index < -0.39 is 0 Å². The first kappa shape index (κ1) is 16.6. The fourth-order valence-corrected chi connectivity index (χ4v) is 3.38. The molecule has 3 aromatic heterocycles. The van der Waals surface area contributed by atoms with E-state index in [-0.39, 0.29) is 17.5 Å². The summed E-state index contributed by atoms with van der Waals surface area (Å²) >= 11 is 6.03. The standard InChI is InChI=1S/C19H11ClFN5O2/c1-10-17-16(18-23-19(28-24-18)11-2-5-13(21)6-3-11)22-9-25(17)14-7-4-12(20)8-15(14)26(10)27/h2-9H,1H3. The molecule has 5 rings (SSSR count). The summed E-state index contributed by atoms with van der Waals surface area (Å²) in [5.74, 6) is 0.112. The van der Waals surface area contributed by atoms with E-state index in [1.54, 1.807) is 48.0 Å². The fraction of sp³-hybridized carbons (Fsp3) is 0.0526.